The Kier molecular flexibility index (Phi) is 2.76. The molecule has 0 unspecified atom stereocenters. The Hall–Kier alpha value is -2.04. The molecule has 0 bridgehead atoms. The molecule has 1 aromatic carbocycles. The maximum atomic E-state index is 12.9. The van der Waals surface area contributed by atoms with Crippen LogP contribution in [0.4, 0.5) is 8.78 Å². The summed E-state index contributed by atoms with van der Waals surface area (Å²) in [6, 6.07) is 5.82. The van der Waals surface area contributed by atoms with E-state index in [0.29, 0.717) is 6.54 Å². The maximum absolute atomic E-state index is 12.9. The van der Waals surface area contributed by atoms with Crippen LogP contribution in [0.25, 0.3) is 0 Å². The van der Waals surface area contributed by atoms with Crippen molar-refractivity contribution in [1.29, 1.82) is 0 Å². The topological polar surface area (TPSA) is 34.9 Å². The number of hydrogen-bond donors (Lipinski definition) is 0. The van der Waals surface area contributed by atoms with Gasteiger partial charge in [-0.25, -0.2) is 4.39 Å². The van der Waals surface area contributed by atoms with E-state index in [9.17, 15) is 13.6 Å². The number of hydrogen-bond acceptors (Lipinski definition) is 2. The second-order valence-electron chi connectivity index (χ2n) is 3.33. The van der Waals surface area contributed by atoms with Gasteiger partial charge < -0.3 is 4.57 Å². The Morgan fingerprint density at radius 2 is 1.88 bits per heavy atom. The Morgan fingerprint density at radius 3 is 2.50 bits per heavy atom. The lowest BCUT2D eigenvalue weighted by molar-refractivity contribution is 0.575. The van der Waals surface area contributed by atoms with Gasteiger partial charge in [0, 0.05) is 12.7 Å². The molecule has 5 heteroatoms. The second-order valence-corrected chi connectivity index (χ2v) is 3.33. The minimum Gasteiger partial charge on any atom is -0.331 e. The molecule has 2 aromatic rings. The van der Waals surface area contributed by atoms with Crippen molar-refractivity contribution in [2.75, 3.05) is 0 Å². The standard InChI is InChI=1S/C11H8F2N2O/c12-9-3-1-8(2-4-9)5-15-6-10(13)11(16)14-7-15/h1-4,6-7H,5H2. The summed E-state index contributed by atoms with van der Waals surface area (Å²) in [7, 11) is 0. The fourth-order valence-corrected chi connectivity index (χ4v) is 1.31. The van der Waals surface area contributed by atoms with Gasteiger partial charge in [-0.3, -0.25) is 4.79 Å². The summed E-state index contributed by atoms with van der Waals surface area (Å²) in [6.07, 6.45) is 2.31. The molecule has 0 fully saturated rings. The Balaban J connectivity index is 2.23. The van der Waals surface area contributed by atoms with Crippen molar-refractivity contribution in [2.24, 2.45) is 0 Å². The zero-order chi connectivity index (χ0) is 11.5. The van der Waals surface area contributed by atoms with Gasteiger partial charge in [-0.05, 0) is 17.7 Å². The number of rotatable bonds is 2. The van der Waals surface area contributed by atoms with Crippen LogP contribution in [-0.2, 0) is 6.54 Å². The highest BCUT2D eigenvalue weighted by Crippen LogP contribution is 2.04. The normalized spacial score (nSPS) is 10.4. The molecule has 0 spiro atoms. The minimum atomic E-state index is -0.899. The molecule has 1 aromatic heterocycles. The predicted octanol–water partition coefficient (Wildman–Crippen LogP) is 1.57. The average Bonchev–Trinajstić information content (AvgIpc) is 2.27. The van der Waals surface area contributed by atoms with Gasteiger partial charge in [0.15, 0.2) is 0 Å². The van der Waals surface area contributed by atoms with Crippen LogP contribution >= 0.6 is 0 Å². The van der Waals surface area contributed by atoms with Crippen LogP contribution in [0, 0.1) is 11.6 Å². The van der Waals surface area contributed by atoms with Crippen molar-refractivity contribution in [3.05, 3.63) is 64.3 Å². The van der Waals surface area contributed by atoms with Crippen molar-refractivity contribution in [3.8, 4) is 0 Å². The third-order valence-corrected chi connectivity index (χ3v) is 2.09. The maximum Gasteiger partial charge on any atom is 0.308 e. The van der Waals surface area contributed by atoms with E-state index < -0.39 is 11.4 Å². The first-order valence-electron chi connectivity index (χ1n) is 4.61. The summed E-state index contributed by atoms with van der Waals surface area (Å²) in [5.74, 6) is -1.22. The van der Waals surface area contributed by atoms with Gasteiger partial charge in [0.05, 0.1) is 6.33 Å². The third-order valence-electron chi connectivity index (χ3n) is 2.09. The molecule has 2 rings (SSSR count). The van der Waals surface area contributed by atoms with Gasteiger partial charge in [0.2, 0.25) is 5.82 Å². The summed E-state index contributed by atoms with van der Waals surface area (Å²) in [4.78, 5) is 14.1. The van der Waals surface area contributed by atoms with Crippen molar-refractivity contribution in [2.45, 2.75) is 6.54 Å². The van der Waals surface area contributed by atoms with Gasteiger partial charge in [-0.2, -0.15) is 9.37 Å². The average molecular weight is 222 g/mol. The predicted molar refractivity (Wildman–Crippen MR) is 54.0 cm³/mol. The lowest BCUT2D eigenvalue weighted by Crippen LogP contribution is -2.14. The second kappa shape index (κ2) is 4.22. The zero-order valence-electron chi connectivity index (χ0n) is 8.23. The Morgan fingerprint density at radius 1 is 1.19 bits per heavy atom. The highest BCUT2D eigenvalue weighted by molar-refractivity contribution is 5.16. The van der Waals surface area contributed by atoms with E-state index >= 15 is 0 Å². The quantitative estimate of drug-likeness (QED) is 0.773. The van der Waals surface area contributed by atoms with Crippen LogP contribution < -0.4 is 5.56 Å². The molecular weight excluding hydrogens is 214 g/mol. The molecule has 0 radical (unpaired) electrons. The number of nitrogens with zero attached hydrogens (tertiary/aromatic N) is 2. The van der Waals surface area contributed by atoms with E-state index in [1.54, 1.807) is 12.1 Å². The van der Waals surface area contributed by atoms with E-state index in [1.165, 1.54) is 23.0 Å². The molecule has 0 N–H and O–H groups in total. The molecule has 0 amide bonds. The van der Waals surface area contributed by atoms with Gasteiger partial charge in [-0.1, -0.05) is 12.1 Å². The molecule has 0 atom stereocenters. The van der Waals surface area contributed by atoms with Crippen LogP contribution in [-0.4, -0.2) is 9.55 Å². The van der Waals surface area contributed by atoms with E-state index in [-0.39, 0.29) is 5.82 Å². The highest BCUT2D eigenvalue weighted by atomic mass is 19.1. The Bertz CT molecular complexity index is 549. The number of halogens is 2. The summed E-state index contributed by atoms with van der Waals surface area (Å²) >= 11 is 0. The molecule has 0 aliphatic carbocycles. The smallest absolute Gasteiger partial charge is 0.308 e. The molecule has 0 aliphatic heterocycles. The first-order chi connectivity index (χ1) is 7.65. The molecule has 0 aliphatic rings. The molecule has 0 saturated heterocycles. The molecule has 0 saturated carbocycles. The van der Waals surface area contributed by atoms with Crippen molar-refractivity contribution in [3.63, 3.8) is 0 Å². The fourth-order valence-electron chi connectivity index (χ4n) is 1.31. The van der Waals surface area contributed by atoms with Crippen molar-refractivity contribution < 1.29 is 8.78 Å². The minimum absolute atomic E-state index is 0.326. The third kappa shape index (κ3) is 2.31. The van der Waals surface area contributed by atoms with Gasteiger partial charge in [0.1, 0.15) is 5.82 Å². The van der Waals surface area contributed by atoms with Crippen LogP contribution in [0.5, 0.6) is 0 Å². The Labute approximate surface area is 90.0 Å². The zero-order valence-corrected chi connectivity index (χ0v) is 8.23. The highest BCUT2D eigenvalue weighted by Gasteiger charge is 2.00. The van der Waals surface area contributed by atoms with Crippen molar-refractivity contribution in [1.82, 2.24) is 9.55 Å². The summed E-state index contributed by atoms with van der Waals surface area (Å²) < 4.78 is 26.9. The molecular formula is C11H8F2N2O. The van der Waals surface area contributed by atoms with E-state index in [0.717, 1.165) is 11.8 Å². The first-order valence-corrected chi connectivity index (χ1v) is 4.61. The SMILES string of the molecule is O=c1ncn(Cc2ccc(F)cc2)cc1F. The van der Waals surface area contributed by atoms with E-state index in [4.69, 9.17) is 0 Å². The van der Waals surface area contributed by atoms with E-state index in [1.807, 2.05) is 0 Å². The first kappa shape index (κ1) is 10.5. The number of aromatic nitrogens is 2. The van der Waals surface area contributed by atoms with Crippen LogP contribution in [0.15, 0.2) is 41.6 Å². The van der Waals surface area contributed by atoms with E-state index in [2.05, 4.69) is 4.98 Å². The van der Waals surface area contributed by atoms with Crippen LogP contribution in [0.1, 0.15) is 5.56 Å². The molecule has 1 heterocycles. The fraction of sp³-hybridized carbons (Fsp3) is 0.0909. The van der Waals surface area contributed by atoms with Gasteiger partial charge >= 0.3 is 5.56 Å². The summed E-state index contributed by atoms with van der Waals surface area (Å²) in [5.41, 5.74) is -0.0818. The van der Waals surface area contributed by atoms with Crippen LogP contribution in [0.3, 0.4) is 0 Å². The largest absolute Gasteiger partial charge is 0.331 e. The molecule has 3 nitrogen and oxygen atoms in total. The van der Waals surface area contributed by atoms with Gasteiger partial charge in [0.25, 0.3) is 0 Å². The lowest BCUT2D eigenvalue weighted by atomic mass is 10.2. The molecule has 82 valence electrons. The lowest BCUT2D eigenvalue weighted by Gasteiger charge is -2.05. The van der Waals surface area contributed by atoms with Crippen molar-refractivity contribution >= 4 is 0 Å². The summed E-state index contributed by atoms with van der Waals surface area (Å²) in [5, 5.41) is 0. The van der Waals surface area contributed by atoms with Crippen LogP contribution in [0.2, 0.25) is 0 Å². The monoisotopic (exact) mass is 222 g/mol. The van der Waals surface area contributed by atoms with Gasteiger partial charge in [-0.15, -0.1) is 0 Å². The number of benzene rings is 1. The summed E-state index contributed by atoms with van der Waals surface area (Å²) in [6.45, 7) is 0.338. The molecule has 16 heavy (non-hydrogen) atoms.